The van der Waals surface area contributed by atoms with Crippen LogP contribution in [0.15, 0.2) is 41.8 Å². The Bertz CT molecular complexity index is 718. The predicted molar refractivity (Wildman–Crippen MR) is 82.5 cm³/mol. The maximum Gasteiger partial charge on any atom is 0.0936 e. The van der Waals surface area contributed by atoms with E-state index in [0.717, 1.165) is 39.4 Å². The number of nitrogens with one attached hydrogen (secondary N) is 1. The molecule has 3 aromatic rings. The Morgan fingerprint density at radius 2 is 2.11 bits per heavy atom. The van der Waals surface area contributed by atoms with Gasteiger partial charge in [0, 0.05) is 21.6 Å². The first-order valence-electron chi connectivity index (χ1n) is 6.16. The molecule has 3 nitrogen and oxygen atoms in total. The van der Waals surface area contributed by atoms with E-state index in [1.165, 1.54) is 0 Å². The number of hydrogen-bond acceptors (Lipinski definition) is 4. The second-order valence-electron chi connectivity index (χ2n) is 4.48. The lowest BCUT2D eigenvalue weighted by molar-refractivity contribution is 1.19. The molecule has 0 unspecified atom stereocenters. The van der Waals surface area contributed by atoms with Gasteiger partial charge >= 0.3 is 0 Å². The Kier molecular flexibility index (Phi) is 3.09. The lowest BCUT2D eigenvalue weighted by Crippen LogP contribution is -2.01. The normalized spacial score (nSPS) is 10.8. The van der Waals surface area contributed by atoms with Gasteiger partial charge < -0.3 is 11.1 Å². The van der Waals surface area contributed by atoms with Crippen molar-refractivity contribution in [3.8, 4) is 0 Å². The van der Waals surface area contributed by atoms with Crippen molar-refractivity contribution in [2.75, 3.05) is 11.1 Å². The van der Waals surface area contributed by atoms with E-state index in [0.29, 0.717) is 0 Å². The number of aryl methyl sites for hydroxylation is 1. The molecule has 0 spiro atoms. The van der Waals surface area contributed by atoms with Gasteiger partial charge in [-0.1, -0.05) is 18.2 Å². The molecule has 0 atom stereocenters. The Morgan fingerprint density at radius 1 is 1.21 bits per heavy atom. The van der Waals surface area contributed by atoms with Crippen LogP contribution in [0.3, 0.4) is 0 Å². The van der Waals surface area contributed by atoms with Crippen LogP contribution in [0.1, 0.15) is 10.6 Å². The first-order chi connectivity index (χ1) is 9.24. The van der Waals surface area contributed by atoms with Gasteiger partial charge in [-0.3, -0.25) is 4.98 Å². The van der Waals surface area contributed by atoms with E-state index >= 15 is 0 Å². The number of aromatic nitrogens is 1. The van der Waals surface area contributed by atoms with Gasteiger partial charge in [-0.25, -0.2) is 0 Å². The van der Waals surface area contributed by atoms with Gasteiger partial charge in [0.25, 0.3) is 0 Å². The van der Waals surface area contributed by atoms with Crippen molar-refractivity contribution in [2.24, 2.45) is 0 Å². The number of pyridine rings is 1. The Balaban J connectivity index is 1.92. The quantitative estimate of drug-likeness (QED) is 0.760. The van der Waals surface area contributed by atoms with E-state index < -0.39 is 0 Å². The Hall–Kier alpha value is -2.07. The molecule has 0 bridgehead atoms. The number of thiophene rings is 1. The summed E-state index contributed by atoms with van der Waals surface area (Å²) in [5.41, 5.74) is 9.83. The molecule has 0 aliphatic heterocycles. The molecule has 0 saturated carbocycles. The van der Waals surface area contributed by atoms with E-state index in [9.17, 15) is 0 Å². The van der Waals surface area contributed by atoms with Crippen LogP contribution in [0.5, 0.6) is 0 Å². The van der Waals surface area contributed by atoms with Gasteiger partial charge in [0.15, 0.2) is 0 Å². The summed E-state index contributed by atoms with van der Waals surface area (Å²) in [6.07, 6.45) is 0. The molecule has 3 N–H and O–H groups in total. The van der Waals surface area contributed by atoms with Crippen molar-refractivity contribution in [1.29, 1.82) is 0 Å². The highest BCUT2D eigenvalue weighted by molar-refractivity contribution is 7.10. The van der Waals surface area contributed by atoms with Crippen LogP contribution >= 0.6 is 11.3 Å². The number of para-hydroxylation sites is 1. The zero-order valence-electron chi connectivity index (χ0n) is 10.7. The van der Waals surface area contributed by atoms with E-state index in [2.05, 4.69) is 28.5 Å². The van der Waals surface area contributed by atoms with Gasteiger partial charge in [-0.15, -0.1) is 11.3 Å². The summed E-state index contributed by atoms with van der Waals surface area (Å²) in [5.74, 6) is 0. The molecule has 4 heteroatoms. The summed E-state index contributed by atoms with van der Waals surface area (Å²) in [4.78, 5) is 5.76. The Morgan fingerprint density at radius 3 is 2.89 bits per heavy atom. The fourth-order valence-corrected chi connectivity index (χ4v) is 2.80. The first-order valence-corrected chi connectivity index (χ1v) is 7.04. The SMILES string of the molecule is Cc1ccc2cccc(NCc3sccc3N)c2n1. The molecule has 0 saturated heterocycles. The average Bonchev–Trinajstić information content (AvgIpc) is 2.82. The summed E-state index contributed by atoms with van der Waals surface area (Å²) < 4.78 is 0. The summed E-state index contributed by atoms with van der Waals surface area (Å²) in [5, 5.41) is 6.59. The maximum absolute atomic E-state index is 5.90. The Labute approximate surface area is 116 Å². The summed E-state index contributed by atoms with van der Waals surface area (Å²) in [6, 6.07) is 12.2. The molecule has 0 radical (unpaired) electrons. The van der Waals surface area contributed by atoms with Gasteiger partial charge in [-0.05, 0) is 30.5 Å². The van der Waals surface area contributed by atoms with Crippen molar-refractivity contribution in [2.45, 2.75) is 13.5 Å². The van der Waals surface area contributed by atoms with Crippen LogP contribution < -0.4 is 11.1 Å². The van der Waals surface area contributed by atoms with E-state index in [-0.39, 0.29) is 0 Å². The third-order valence-electron chi connectivity index (χ3n) is 3.08. The molecule has 2 heterocycles. The van der Waals surface area contributed by atoms with Crippen LogP contribution in [-0.2, 0) is 6.54 Å². The highest BCUT2D eigenvalue weighted by Gasteiger charge is 2.04. The minimum Gasteiger partial charge on any atom is -0.398 e. The number of hydrogen-bond donors (Lipinski definition) is 2. The monoisotopic (exact) mass is 269 g/mol. The fourth-order valence-electron chi connectivity index (χ4n) is 2.06. The summed E-state index contributed by atoms with van der Waals surface area (Å²) >= 11 is 1.67. The van der Waals surface area contributed by atoms with Crippen molar-refractivity contribution in [3.63, 3.8) is 0 Å². The third-order valence-corrected chi connectivity index (χ3v) is 4.02. The average molecular weight is 269 g/mol. The van der Waals surface area contributed by atoms with Crippen molar-refractivity contribution in [3.05, 3.63) is 52.3 Å². The molecule has 0 fully saturated rings. The number of fused-ring (bicyclic) bond motifs is 1. The van der Waals surface area contributed by atoms with Gasteiger partial charge in [0.2, 0.25) is 0 Å². The lowest BCUT2D eigenvalue weighted by atomic mass is 10.1. The second kappa shape index (κ2) is 4.90. The van der Waals surface area contributed by atoms with Crippen LogP contribution in [-0.4, -0.2) is 4.98 Å². The molecule has 0 aliphatic carbocycles. The number of rotatable bonds is 3. The molecule has 3 rings (SSSR count). The molecular weight excluding hydrogens is 254 g/mol. The molecule has 0 aliphatic rings. The van der Waals surface area contributed by atoms with Gasteiger partial charge in [-0.2, -0.15) is 0 Å². The number of nitrogen functional groups attached to an aromatic ring is 1. The molecule has 96 valence electrons. The smallest absolute Gasteiger partial charge is 0.0936 e. The minimum atomic E-state index is 0.734. The van der Waals surface area contributed by atoms with Crippen molar-refractivity contribution < 1.29 is 0 Å². The number of nitrogens with two attached hydrogens (primary N) is 1. The van der Waals surface area contributed by atoms with Gasteiger partial charge in [0.1, 0.15) is 0 Å². The predicted octanol–water partition coefficient (Wildman–Crippen LogP) is 3.80. The van der Waals surface area contributed by atoms with Crippen molar-refractivity contribution >= 4 is 33.6 Å². The standard InChI is InChI=1S/C15H15N3S/c1-10-5-6-11-3-2-4-13(15(11)18-10)17-9-14-12(16)7-8-19-14/h2-8,17H,9,16H2,1H3. The number of benzene rings is 1. The number of nitrogens with zero attached hydrogens (tertiary/aromatic N) is 1. The van der Waals surface area contributed by atoms with Crippen molar-refractivity contribution in [1.82, 2.24) is 4.98 Å². The lowest BCUT2D eigenvalue weighted by Gasteiger charge is -2.09. The third kappa shape index (κ3) is 2.39. The van der Waals surface area contributed by atoms with Gasteiger partial charge in [0.05, 0.1) is 17.7 Å². The van der Waals surface area contributed by atoms with E-state index in [4.69, 9.17) is 5.73 Å². The van der Waals surface area contributed by atoms with E-state index in [1.54, 1.807) is 11.3 Å². The number of anilines is 2. The first kappa shape index (κ1) is 12.0. The summed E-state index contributed by atoms with van der Waals surface area (Å²) in [7, 11) is 0. The largest absolute Gasteiger partial charge is 0.398 e. The molecule has 2 aromatic heterocycles. The molecule has 19 heavy (non-hydrogen) atoms. The molecular formula is C15H15N3S. The highest BCUT2D eigenvalue weighted by atomic mass is 32.1. The zero-order valence-corrected chi connectivity index (χ0v) is 11.5. The topological polar surface area (TPSA) is 50.9 Å². The zero-order chi connectivity index (χ0) is 13.2. The maximum atomic E-state index is 5.90. The van der Waals surface area contributed by atoms with Crippen LogP contribution in [0, 0.1) is 6.92 Å². The molecule has 0 amide bonds. The summed E-state index contributed by atoms with van der Waals surface area (Å²) in [6.45, 7) is 2.74. The van der Waals surface area contributed by atoms with Crippen LogP contribution in [0.25, 0.3) is 10.9 Å². The molecule has 1 aromatic carbocycles. The fraction of sp³-hybridized carbons (Fsp3) is 0.133. The van der Waals surface area contributed by atoms with E-state index in [1.807, 2.05) is 30.5 Å². The second-order valence-corrected chi connectivity index (χ2v) is 5.48. The van der Waals surface area contributed by atoms with Crippen LogP contribution in [0.4, 0.5) is 11.4 Å². The minimum absolute atomic E-state index is 0.734. The highest BCUT2D eigenvalue weighted by Crippen LogP contribution is 2.24. The van der Waals surface area contributed by atoms with Crippen LogP contribution in [0.2, 0.25) is 0 Å².